The average molecular weight is 298 g/mol. The van der Waals surface area contributed by atoms with Crippen LogP contribution in [0.15, 0.2) is 0 Å². The summed E-state index contributed by atoms with van der Waals surface area (Å²) < 4.78 is 0. The van der Waals surface area contributed by atoms with Gasteiger partial charge in [-0.2, -0.15) is 0 Å². The minimum Gasteiger partial charge on any atom is -0.481 e. The van der Waals surface area contributed by atoms with Gasteiger partial charge in [0, 0.05) is 19.0 Å². The van der Waals surface area contributed by atoms with E-state index in [1.807, 2.05) is 20.8 Å². The number of hydrogen-bond donors (Lipinski definition) is 3. The molecule has 1 rings (SSSR count). The molecule has 1 unspecified atom stereocenters. The second-order valence-corrected chi connectivity index (χ2v) is 7.45. The van der Waals surface area contributed by atoms with E-state index in [4.69, 9.17) is 5.73 Å². The first-order valence-electron chi connectivity index (χ1n) is 7.93. The first kappa shape index (κ1) is 18.0. The molecule has 0 bridgehead atoms. The zero-order chi connectivity index (χ0) is 16.1. The van der Waals surface area contributed by atoms with Crippen molar-refractivity contribution in [3.8, 4) is 0 Å². The number of amides is 1. The van der Waals surface area contributed by atoms with E-state index < -0.39 is 11.4 Å². The van der Waals surface area contributed by atoms with Crippen LogP contribution in [0, 0.1) is 10.8 Å². The molecule has 21 heavy (non-hydrogen) atoms. The number of rotatable bonds is 5. The number of carboxylic acid groups (broad SMARTS) is 1. The lowest BCUT2D eigenvalue weighted by Gasteiger charge is -2.30. The largest absolute Gasteiger partial charge is 0.481 e. The highest BCUT2D eigenvalue weighted by Crippen LogP contribution is 2.34. The van der Waals surface area contributed by atoms with Crippen molar-refractivity contribution in [1.29, 1.82) is 0 Å². The number of carbonyl (C=O) groups excluding carboxylic acids is 1. The Balaban J connectivity index is 2.57. The highest BCUT2D eigenvalue weighted by Gasteiger charge is 2.39. The van der Waals surface area contributed by atoms with Gasteiger partial charge in [-0.1, -0.05) is 46.5 Å². The fraction of sp³-hybridized carbons (Fsp3) is 0.875. The maximum absolute atomic E-state index is 12.0. The zero-order valence-corrected chi connectivity index (χ0v) is 13.6. The Labute approximate surface area is 127 Å². The van der Waals surface area contributed by atoms with Crippen molar-refractivity contribution < 1.29 is 14.7 Å². The van der Waals surface area contributed by atoms with Crippen molar-refractivity contribution in [2.75, 3.05) is 6.54 Å². The van der Waals surface area contributed by atoms with Gasteiger partial charge in [0.2, 0.25) is 5.91 Å². The van der Waals surface area contributed by atoms with E-state index in [9.17, 15) is 14.7 Å². The molecule has 0 aliphatic heterocycles. The number of aliphatic carboxylic acids is 1. The summed E-state index contributed by atoms with van der Waals surface area (Å²) in [4.78, 5) is 23.7. The fourth-order valence-electron chi connectivity index (χ4n) is 2.72. The summed E-state index contributed by atoms with van der Waals surface area (Å²) in [5.41, 5.74) is 5.07. The van der Waals surface area contributed by atoms with Crippen LogP contribution >= 0.6 is 0 Å². The molecule has 0 spiro atoms. The van der Waals surface area contributed by atoms with Crippen LogP contribution in [-0.2, 0) is 9.59 Å². The van der Waals surface area contributed by atoms with Crippen LogP contribution in [0.4, 0.5) is 0 Å². The molecule has 1 aliphatic carbocycles. The van der Waals surface area contributed by atoms with Gasteiger partial charge in [-0.15, -0.1) is 0 Å². The van der Waals surface area contributed by atoms with Crippen LogP contribution in [0.1, 0.15) is 65.7 Å². The number of hydrogen-bond acceptors (Lipinski definition) is 3. The lowest BCUT2D eigenvalue weighted by Crippen LogP contribution is -2.45. The molecule has 0 heterocycles. The van der Waals surface area contributed by atoms with Gasteiger partial charge in [-0.3, -0.25) is 9.59 Å². The summed E-state index contributed by atoms with van der Waals surface area (Å²) in [6, 6.07) is -0.229. The van der Waals surface area contributed by atoms with Gasteiger partial charge in [0.05, 0.1) is 5.41 Å². The predicted octanol–water partition coefficient (Wildman–Crippen LogP) is 2.29. The standard InChI is InChI=1S/C16H30N2O3/c1-15(2,3)12(17)10-13(19)18-11-16(14(20)21)8-6-4-5-7-9-16/h12H,4-11,17H2,1-3H3,(H,18,19)(H,20,21). The minimum atomic E-state index is -0.794. The molecule has 4 N–H and O–H groups in total. The zero-order valence-electron chi connectivity index (χ0n) is 13.6. The molecule has 0 aromatic heterocycles. The van der Waals surface area contributed by atoms with Crippen molar-refractivity contribution in [3.05, 3.63) is 0 Å². The summed E-state index contributed by atoms with van der Waals surface area (Å²) in [7, 11) is 0. The van der Waals surface area contributed by atoms with E-state index >= 15 is 0 Å². The summed E-state index contributed by atoms with van der Waals surface area (Å²) in [5.74, 6) is -0.938. The number of nitrogens with two attached hydrogens (primary N) is 1. The molecule has 1 aliphatic rings. The van der Waals surface area contributed by atoms with Crippen molar-refractivity contribution in [3.63, 3.8) is 0 Å². The van der Waals surface area contributed by atoms with Gasteiger partial charge < -0.3 is 16.2 Å². The van der Waals surface area contributed by atoms with Crippen molar-refractivity contribution in [2.45, 2.75) is 71.8 Å². The van der Waals surface area contributed by atoms with Gasteiger partial charge in [0.15, 0.2) is 0 Å². The fourth-order valence-corrected chi connectivity index (χ4v) is 2.72. The second kappa shape index (κ2) is 7.25. The van der Waals surface area contributed by atoms with E-state index in [-0.39, 0.29) is 30.3 Å². The summed E-state index contributed by atoms with van der Waals surface area (Å²) in [6.45, 7) is 6.21. The van der Waals surface area contributed by atoms with Gasteiger partial charge >= 0.3 is 5.97 Å². The Morgan fingerprint density at radius 3 is 2.14 bits per heavy atom. The van der Waals surface area contributed by atoms with Crippen LogP contribution in [0.3, 0.4) is 0 Å². The molecule has 1 atom stereocenters. The SMILES string of the molecule is CC(C)(C)C(N)CC(=O)NCC1(C(=O)O)CCCCCC1. The molecule has 5 heteroatoms. The summed E-state index contributed by atoms with van der Waals surface area (Å²) >= 11 is 0. The third kappa shape index (κ3) is 5.30. The maximum Gasteiger partial charge on any atom is 0.311 e. The topological polar surface area (TPSA) is 92.4 Å². The normalized spacial score (nSPS) is 20.4. The smallest absolute Gasteiger partial charge is 0.311 e. The van der Waals surface area contributed by atoms with Crippen LogP contribution < -0.4 is 11.1 Å². The molecule has 1 fully saturated rings. The molecule has 0 aromatic rings. The lowest BCUT2D eigenvalue weighted by molar-refractivity contribution is -0.149. The number of nitrogens with one attached hydrogen (secondary N) is 1. The highest BCUT2D eigenvalue weighted by molar-refractivity contribution is 5.79. The quantitative estimate of drug-likeness (QED) is 0.679. The number of carbonyl (C=O) groups is 2. The Morgan fingerprint density at radius 2 is 1.71 bits per heavy atom. The molecule has 1 amide bonds. The van der Waals surface area contributed by atoms with Gasteiger partial charge in [-0.05, 0) is 18.3 Å². The highest BCUT2D eigenvalue weighted by atomic mass is 16.4. The minimum absolute atomic E-state index is 0.135. The van der Waals surface area contributed by atoms with E-state index in [0.717, 1.165) is 25.7 Å². The maximum atomic E-state index is 12.0. The molecule has 122 valence electrons. The third-order valence-corrected chi connectivity index (χ3v) is 4.66. The van der Waals surface area contributed by atoms with Crippen molar-refractivity contribution >= 4 is 11.9 Å². The van der Waals surface area contributed by atoms with Gasteiger partial charge in [-0.25, -0.2) is 0 Å². The van der Waals surface area contributed by atoms with Crippen LogP contribution in [-0.4, -0.2) is 29.6 Å². The molecule has 5 nitrogen and oxygen atoms in total. The van der Waals surface area contributed by atoms with E-state index in [1.165, 1.54) is 0 Å². The van der Waals surface area contributed by atoms with E-state index in [0.29, 0.717) is 12.8 Å². The molecule has 1 saturated carbocycles. The van der Waals surface area contributed by atoms with Crippen molar-refractivity contribution in [1.82, 2.24) is 5.32 Å². The average Bonchev–Trinajstić information content (AvgIpc) is 2.61. The van der Waals surface area contributed by atoms with E-state index in [2.05, 4.69) is 5.32 Å². The molecule has 0 saturated heterocycles. The molecule has 0 radical (unpaired) electrons. The number of carboxylic acids is 1. The van der Waals surface area contributed by atoms with Crippen LogP contribution in [0.2, 0.25) is 0 Å². The lowest BCUT2D eigenvalue weighted by atomic mass is 9.80. The second-order valence-electron chi connectivity index (χ2n) is 7.45. The molecular weight excluding hydrogens is 268 g/mol. The summed E-state index contributed by atoms with van der Waals surface area (Å²) in [5, 5.41) is 12.4. The van der Waals surface area contributed by atoms with Crippen LogP contribution in [0.25, 0.3) is 0 Å². The van der Waals surface area contributed by atoms with Gasteiger partial charge in [0.25, 0.3) is 0 Å². The van der Waals surface area contributed by atoms with Gasteiger partial charge in [0.1, 0.15) is 0 Å². The van der Waals surface area contributed by atoms with E-state index in [1.54, 1.807) is 0 Å². The Hall–Kier alpha value is -1.10. The van der Waals surface area contributed by atoms with Crippen molar-refractivity contribution in [2.24, 2.45) is 16.6 Å². The monoisotopic (exact) mass is 298 g/mol. The first-order valence-corrected chi connectivity index (χ1v) is 7.93. The Bertz CT molecular complexity index is 366. The Kier molecular flexibility index (Phi) is 6.20. The first-order chi connectivity index (χ1) is 9.67. The molecular formula is C16H30N2O3. The molecule has 0 aromatic carbocycles. The third-order valence-electron chi connectivity index (χ3n) is 4.66. The van der Waals surface area contributed by atoms with Crippen LogP contribution in [0.5, 0.6) is 0 Å². The summed E-state index contributed by atoms with van der Waals surface area (Å²) in [6.07, 6.45) is 5.53. The Morgan fingerprint density at radius 1 is 1.19 bits per heavy atom. The predicted molar refractivity (Wildman–Crippen MR) is 82.8 cm³/mol.